The van der Waals surface area contributed by atoms with E-state index in [-0.39, 0.29) is 0 Å². The molecule has 0 amide bonds. The molecule has 0 spiro atoms. The molecule has 0 aromatic rings. The van der Waals surface area contributed by atoms with Gasteiger partial charge >= 0.3 is 0 Å². The van der Waals surface area contributed by atoms with Gasteiger partial charge in [-0.15, -0.1) is 0 Å². The smallest absolute Gasteiger partial charge is 0.0163 e. The van der Waals surface area contributed by atoms with E-state index in [0.717, 1.165) is 131 Å². The van der Waals surface area contributed by atoms with Crippen LogP contribution in [-0.4, -0.2) is 46.1 Å². The van der Waals surface area contributed by atoms with E-state index in [9.17, 15) is 0 Å². The highest BCUT2D eigenvalue weighted by Crippen LogP contribution is 2.62. The second-order valence-corrected chi connectivity index (χ2v) is 33.2. The summed E-state index contributed by atoms with van der Waals surface area (Å²) < 4.78 is 0. The Bertz CT molecular complexity index is 1870. The minimum atomic E-state index is 0.847. The van der Waals surface area contributed by atoms with Gasteiger partial charge in [0.2, 0.25) is 0 Å². The summed E-state index contributed by atoms with van der Waals surface area (Å²) in [7, 11) is 0. The summed E-state index contributed by atoms with van der Waals surface area (Å²) in [5.74, 6) is 15.1. The fourth-order valence-electron chi connectivity index (χ4n) is 24.1. The molecule has 13 rings (SSSR count). The van der Waals surface area contributed by atoms with Crippen molar-refractivity contribution in [1.82, 2.24) is 9.80 Å². The predicted octanol–water partition coefficient (Wildman–Crippen LogP) is 22.6. The molecule has 0 aromatic heterocycles. The number of hydrogen-bond acceptors (Lipinski definition) is 2. The third-order valence-corrected chi connectivity index (χ3v) is 28.4. The molecule has 0 saturated heterocycles. The van der Waals surface area contributed by atoms with Crippen LogP contribution in [0, 0.1) is 94.7 Å². The molecule has 0 heterocycles. The Hall–Kier alpha value is -1.12. The van der Waals surface area contributed by atoms with Crippen LogP contribution in [0.4, 0.5) is 0 Å². The molecule has 13 aliphatic rings. The lowest BCUT2D eigenvalue weighted by molar-refractivity contribution is -0.144. The van der Waals surface area contributed by atoms with Gasteiger partial charge < -0.3 is 0 Å². The van der Waals surface area contributed by atoms with Crippen LogP contribution in [0.5, 0.6) is 0 Å². The van der Waals surface area contributed by atoms with Crippen LogP contribution in [0.25, 0.3) is 0 Å². The maximum Gasteiger partial charge on any atom is 0.0163 e. The van der Waals surface area contributed by atoms with Crippen molar-refractivity contribution in [3.8, 4) is 0 Å². The first kappa shape index (κ1) is 59.8. The highest BCUT2D eigenvalue weighted by atomic mass is 15.2. The highest BCUT2D eigenvalue weighted by molar-refractivity contribution is 5.11. The van der Waals surface area contributed by atoms with E-state index in [1.807, 2.05) is 0 Å². The molecular weight excluding hydrogens is 989 g/mol. The van der Waals surface area contributed by atoms with E-state index >= 15 is 0 Å². The van der Waals surface area contributed by atoms with Gasteiger partial charge in [-0.2, -0.15) is 0 Å². The molecule has 82 heavy (non-hydrogen) atoms. The Kier molecular flexibility index (Phi) is 21.8. The summed E-state index contributed by atoms with van der Waals surface area (Å²) in [5.41, 5.74) is 0. The Balaban J connectivity index is 0.734. The molecule has 2 nitrogen and oxygen atoms in total. The molecular formula is C80H130N2. The van der Waals surface area contributed by atoms with E-state index in [1.54, 1.807) is 64.2 Å². The monoisotopic (exact) mass is 1120 g/mol. The van der Waals surface area contributed by atoms with Crippen molar-refractivity contribution < 1.29 is 0 Å². The van der Waals surface area contributed by atoms with Crippen LogP contribution in [-0.2, 0) is 0 Å². The lowest BCUT2D eigenvalue weighted by Crippen LogP contribution is -2.64. The van der Waals surface area contributed by atoms with Crippen LogP contribution in [0.2, 0.25) is 0 Å². The summed E-state index contributed by atoms with van der Waals surface area (Å²) in [6.07, 6.45) is 97.2. The van der Waals surface area contributed by atoms with Crippen LogP contribution in [0.3, 0.4) is 0 Å². The Morgan fingerprint density at radius 1 is 0.183 bits per heavy atom. The zero-order chi connectivity index (χ0) is 54.9. The lowest BCUT2D eigenvalue weighted by Gasteiger charge is -2.64. The summed E-state index contributed by atoms with van der Waals surface area (Å²) in [6, 6.07) is 5.14. The Morgan fingerprint density at radius 3 is 0.817 bits per heavy atom. The topological polar surface area (TPSA) is 6.48 Å². The first-order valence-electron chi connectivity index (χ1n) is 38.9. The van der Waals surface area contributed by atoms with Gasteiger partial charge in [0.15, 0.2) is 0 Å². The number of allylic oxidation sites excluding steroid dienone is 8. The van der Waals surface area contributed by atoms with Crippen LogP contribution in [0.1, 0.15) is 321 Å². The molecule has 0 aromatic carbocycles. The van der Waals surface area contributed by atoms with Gasteiger partial charge in [0.25, 0.3) is 0 Å². The highest BCUT2D eigenvalue weighted by Gasteiger charge is 2.58. The molecule has 0 N–H and O–H groups in total. The number of nitrogens with zero attached hydrogens (tertiary/aromatic N) is 2. The number of rotatable bonds is 15. The quantitative estimate of drug-likeness (QED) is 0.151. The van der Waals surface area contributed by atoms with Crippen molar-refractivity contribution >= 4 is 0 Å². The second kappa shape index (κ2) is 29.9. The molecule has 13 saturated carbocycles. The third kappa shape index (κ3) is 15.0. The molecule has 13 aliphatic carbocycles. The first-order valence-corrected chi connectivity index (χ1v) is 38.9. The Labute approximate surface area is 507 Å². The SMILES string of the molecule is C(=CC1CCC(N(C2CCC(C=CC3CCCCC3)CC2)C2CCC(C3C4CCCCC4CC4C3CC3CCCCC3C4N(C3CCC(C=CC4CCCCC4)CC3)C3CCC(C=CC4CCCCC4)CC3)CC2)CC1)C1CCCCC1. The van der Waals surface area contributed by atoms with Gasteiger partial charge in [-0.05, 0) is 300 Å². The average Bonchev–Trinajstić information content (AvgIpc) is 3.69. The van der Waals surface area contributed by atoms with Crippen molar-refractivity contribution in [1.29, 1.82) is 0 Å². The molecule has 8 unspecified atom stereocenters. The minimum Gasteiger partial charge on any atom is -0.294 e. The molecule has 0 aliphatic heterocycles. The molecule has 460 valence electrons. The van der Waals surface area contributed by atoms with Gasteiger partial charge in [0, 0.05) is 36.3 Å². The minimum absolute atomic E-state index is 0.847. The van der Waals surface area contributed by atoms with Crippen LogP contribution >= 0.6 is 0 Å². The van der Waals surface area contributed by atoms with Gasteiger partial charge in [-0.1, -0.05) is 164 Å². The zero-order valence-corrected chi connectivity index (χ0v) is 53.6. The number of hydrogen-bond donors (Lipinski definition) is 0. The van der Waals surface area contributed by atoms with Crippen molar-refractivity contribution in [2.45, 2.75) is 357 Å². The fourth-order valence-corrected chi connectivity index (χ4v) is 24.1. The summed E-state index contributed by atoms with van der Waals surface area (Å²) in [5, 5.41) is 0. The maximum absolute atomic E-state index is 3.58. The standard InChI is InChI=1S/C80H130N2/c1-5-17-59(18-6-1)29-33-63-37-47-70(48-38-63)81(71-49-39-64(40-50-71)34-30-60-19-7-2-8-20-60)72-55-45-67(46-56-72)79-75-27-15-13-25-68(75)58-78-77(79)57-69-26-14-16-28-76(69)80(78)82(73-51-41-65(42-52-73)35-31-61-21-9-3-10-22-61)74-53-43-66(44-54-74)36-32-62-23-11-4-12-24-62/h29-36,59-80H,1-28,37-58H2. The van der Waals surface area contributed by atoms with Crippen molar-refractivity contribution in [2.24, 2.45) is 94.7 Å². The largest absolute Gasteiger partial charge is 0.294 e. The van der Waals surface area contributed by atoms with E-state index in [0.29, 0.717) is 0 Å². The summed E-state index contributed by atoms with van der Waals surface area (Å²) in [4.78, 5) is 6.96. The van der Waals surface area contributed by atoms with E-state index < -0.39 is 0 Å². The molecule has 2 heteroatoms. The van der Waals surface area contributed by atoms with Gasteiger partial charge in [0.1, 0.15) is 0 Å². The summed E-state index contributed by atoms with van der Waals surface area (Å²) >= 11 is 0. The maximum atomic E-state index is 3.58. The molecule has 8 atom stereocenters. The van der Waals surface area contributed by atoms with Crippen molar-refractivity contribution in [3.63, 3.8) is 0 Å². The van der Waals surface area contributed by atoms with E-state index in [2.05, 4.69) is 58.4 Å². The Morgan fingerprint density at radius 2 is 0.451 bits per heavy atom. The van der Waals surface area contributed by atoms with E-state index in [4.69, 9.17) is 0 Å². The van der Waals surface area contributed by atoms with E-state index in [1.165, 1.54) is 257 Å². The molecule has 0 bridgehead atoms. The van der Waals surface area contributed by atoms with Crippen molar-refractivity contribution in [3.05, 3.63) is 48.6 Å². The average molecular weight is 1120 g/mol. The molecule has 0 radical (unpaired) electrons. The zero-order valence-electron chi connectivity index (χ0n) is 53.6. The van der Waals surface area contributed by atoms with Crippen LogP contribution in [0.15, 0.2) is 48.6 Å². The number of fused-ring (bicyclic) bond motifs is 3. The van der Waals surface area contributed by atoms with Gasteiger partial charge in [-0.3, -0.25) is 9.80 Å². The summed E-state index contributed by atoms with van der Waals surface area (Å²) in [6.45, 7) is 0. The van der Waals surface area contributed by atoms with Gasteiger partial charge in [-0.25, -0.2) is 0 Å². The van der Waals surface area contributed by atoms with Crippen LogP contribution < -0.4 is 0 Å². The fraction of sp³-hybridized carbons (Fsp3) is 0.900. The van der Waals surface area contributed by atoms with Gasteiger partial charge in [0.05, 0.1) is 0 Å². The first-order chi connectivity index (χ1) is 40.6. The lowest BCUT2D eigenvalue weighted by atomic mass is 9.46. The van der Waals surface area contributed by atoms with Crippen molar-refractivity contribution in [2.75, 3.05) is 0 Å². The third-order valence-electron chi connectivity index (χ3n) is 28.4. The normalized spacial score (nSPS) is 43.2. The predicted molar refractivity (Wildman–Crippen MR) is 350 cm³/mol. The second-order valence-electron chi connectivity index (χ2n) is 33.2. The molecule has 13 fully saturated rings.